The second-order valence-electron chi connectivity index (χ2n) is 11.6. The number of aromatic nitrogens is 3. The fourth-order valence-electron chi connectivity index (χ4n) is 6.55. The van der Waals surface area contributed by atoms with Gasteiger partial charge in [-0.25, -0.2) is 15.0 Å². The first-order valence-electron chi connectivity index (χ1n) is 15.7. The van der Waals surface area contributed by atoms with Crippen LogP contribution in [0.3, 0.4) is 0 Å². The van der Waals surface area contributed by atoms with E-state index in [-0.39, 0.29) is 0 Å². The second-order valence-corrected chi connectivity index (χ2v) is 11.6. The lowest BCUT2D eigenvalue weighted by Gasteiger charge is -2.22. The first kappa shape index (κ1) is 27.0. The van der Waals surface area contributed by atoms with Gasteiger partial charge in [-0.15, -0.1) is 0 Å². The highest BCUT2D eigenvalue weighted by atomic mass is 16.5. The quantitative estimate of drug-likeness (QED) is 0.201. The van der Waals surface area contributed by atoms with Gasteiger partial charge < -0.3 is 4.74 Å². The summed E-state index contributed by atoms with van der Waals surface area (Å²) in [5.41, 5.74) is 9.51. The molecular formula is C43H27N3O. The van der Waals surface area contributed by atoms with Crippen LogP contribution in [0, 0.1) is 0 Å². The van der Waals surface area contributed by atoms with Crippen LogP contribution in [0.15, 0.2) is 164 Å². The zero-order chi connectivity index (χ0) is 31.2. The molecule has 220 valence electrons. The molecule has 1 aliphatic heterocycles. The molecule has 8 aromatic rings. The molecule has 47 heavy (non-hydrogen) atoms. The molecule has 0 bridgehead atoms. The van der Waals surface area contributed by atoms with E-state index in [0.29, 0.717) is 17.5 Å². The molecule has 0 aliphatic carbocycles. The summed E-state index contributed by atoms with van der Waals surface area (Å²) in [5, 5.41) is 2.38. The number of para-hydroxylation sites is 2. The maximum absolute atomic E-state index is 6.51. The van der Waals surface area contributed by atoms with Crippen molar-refractivity contribution in [1.82, 2.24) is 15.0 Å². The Morgan fingerprint density at radius 1 is 0.319 bits per heavy atom. The molecule has 4 nitrogen and oxygen atoms in total. The van der Waals surface area contributed by atoms with E-state index in [9.17, 15) is 0 Å². The highest BCUT2D eigenvalue weighted by Crippen LogP contribution is 2.48. The lowest BCUT2D eigenvalue weighted by atomic mass is 9.86. The lowest BCUT2D eigenvalue weighted by molar-refractivity contribution is 0.486. The molecule has 0 atom stereocenters. The number of ether oxygens (including phenoxy) is 1. The highest BCUT2D eigenvalue weighted by Gasteiger charge is 2.22. The number of hydrogen-bond acceptors (Lipinski definition) is 4. The Morgan fingerprint density at radius 2 is 0.766 bits per heavy atom. The van der Waals surface area contributed by atoms with Gasteiger partial charge in [-0.05, 0) is 51.2 Å². The van der Waals surface area contributed by atoms with Crippen molar-refractivity contribution in [2.24, 2.45) is 0 Å². The lowest BCUT2D eigenvalue weighted by Crippen LogP contribution is -2.00. The predicted octanol–water partition coefficient (Wildman–Crippen LogP) is 11.1. The Hall–Kier alpha value is -6.39. The first-order valence-corrected chi connectivity index (χ1v) is 15.7. The molecule has 4 heteroatoms. The summed E-state index contributed by atoms with van der Waals surface area (Å²) in [6, 6.07) is 56.3. The summed E-state index contributed by atoms with van der Waals surface area (Å²) in [7, 11) is 0. The van der Waals surface area contributed by atoms with Gasteiger partial charge in [0.1, 0.15) is 11.5 Å². The Kier molecular flexibility index (Phi) is 6.43. The molecule has 0 spiro atoms. The number of hydrogen-bond donors (Lipinski definition) is 0. The third kappa shape index (κ3) is 4.75. The Bertz CT molecular complexity index is 2330. The molecule has 0 saturated heterocycles. The van der Waals surface area contributed by atoms with Gasteiger partial charge in [0.15, 0.2) is 17.5 Å². The minimum atomic E-state index is 0.635. The van der Waals surface area contributed by atoms with E-state index < -0.39 is 0 Å². The molecule has 0 amide bonds. The van der Waals surface area contributed by atoms with Crippen molar-refractivity contribution in [3.05, 3.63) is 164 Å². The van der Waals surface area contributed by atoms with Crippen LogP contribution in [0.5, 0.6) is 11.5 Å². The summed E-state index contributed by atoms with van der Waals surface area (Å²) in [6.07, 6.45) is 0. The zero-order valence-corrected chi connectivity index (χ0v) is 25.3. The van der Waals surface area contributed by atoms with Crippen LogP contribution in [0.4, 0.5) is 0 Å². The summed E-state index contributed by atoms with van der Waals surface area (Å²) < 4.78 is 6.51. The predicted molar refractivity (Wildman–Crippen MR) is 190 cm³/mol. The van der Waals surface area contributed by atoms with Gasteiger partial charge in [0.2, 0.25) is 0 Å². The second kappa shape index (κ2) is 11.2. The molecule has 7 aromatic carbocycles. The van der Waals surface area contributed by atoms with Gasteiger partial charge in [0.25, 0.3) is 0 Å². The molecule has 9 rings (SSSR count). The minimum absolute atomic E-state index is 0.635. The molecule has 2 heterocycles. The van der Waals surface area contributed by atoms with Crippen molar-refractivity contribution in [2.45, 2.75) is 0 Å². The van der Waals surface area contributed by atoms with Gasteiger partial charge in [0, 0.05) is 27.8 Å². The van der Waals surface area contributed by atoms with Crippen LogP contribution in [0.25, 0.3) is 78.3 Å². The fraction of sp³-hybridized carbons (Fsp3) is 0. The molecular weight excluding hydrogens is 574 g/mol. The van der Waals surface area contributed by atoms with Gasteiger partial charge in [-0.2, -0.15) is 0 Å². The first-order chi connectivity index (χ1) is 23.3. The van der Waals surface area contributed by atoms with E-state index in [1.165, 1.54) is 10.8 Å². The average Bonchev–Trinajstić information content (AvgIpc) is 3.15. The molecule has 1 aliphatic rings. The number of nitrogens with zero attached hydrogens (tertiary/aromatic N) is 3. The van der Waals surface area contributed by atoms with Crippen molar-refractivity contribution in [2.75, 3.05) is 0 Å². The highest BCUT2D eigenvalue weighted by molar-refractivity contribution is 6.13. The van der Waals surface area contributed by atoms with E-state index >= 15 is 0 Å². The van der Waals surface area contributed by atoms with Gasteiger partial charge in [-0.1, -0.05) is 146 Å². The normalized spacial score (nSPS) is 11.6. The van der Waals surface area contributed by atoms with Gasteiger partial charge in [-0.3, -0.25) is 0 Å². The van der Waals surface area contributed by atoms with Crippen molar-refractivity contribution < 1.29 is 4.74 Å². The molecule has 0 radical (unpaired) electrons. The van der Waals surface area contributed by atoms with E-state index in [1.807, 2.05) is 84.9 Å². The van der Waals surface area contributed by atoms with Gasteiger partial charge >= 0.3 is 0 Å². The number of rotatable bonds is 4. The standard InChI is InChI=1S/C43H27N3O/c1-3-13-28(14-4-1)41-44-42(29-15-5-2-6-16-29)46-43(45-41)31-18-11-17-30(27-31)32-25-26-37-34-20-8-10-24-39(34)47-38-23-9-7-19-33(38)36-22-12-21-35(32)40(36)37/h1-27H. The largest absolute Gasteiger partial charge is 0.456 e. The Labute approximate surface area is 272 Å². The van der Waals surface area contributed by atoms with Crippen LogP contribution in [0.2, 0.25) is 0 Å². The van der Waals surface area contributed by atoms with Crippen molar-refractivity contribution >= 4 is 10.8 Å². The van der Waals surface area contributed by atoms with Crippen molar-refractivity contribution in [3.8, 4) is 79.0 Å². The Morgan fingerprint density at radius 3 is 1.40 bits per heavy atom. The smallest absolute Gasteiger partial charge is 0.164 e. The summed E-state index contributed by atoms with van der Waals surface area (Å²) in [4.78, 5) is 14.8. The maximum Gasteiger partial charge on any atom is 0.164 e. The fourth-order valence-corrected chi connectivity index (χ4v) is 6.55. The van der Waals surface area contributed by atoms with E-state index in [2.05, 4.69) is 78.9 Å². The molecule has 0 saturated carbocycles. The SMILES string of the molecule is c1ccc(-c2nc(-c3ccccc3)nc(-c3cccc(-c4ccc5c6c(cccc46)-c4ccccc4Oc4ccccc4-5)c3)n2)cc1. The molecule has 0 fully saturated rings. The average molecular weight is 602 g/mol. The van der Waals surface area contributed by atoms with Crippen LogP contribution in [-0.4, -0.2) is 15.0 Å². The third-order valence-corrected chi connectivity index (χ3v) is 8.75. The van der Waals surface area contributed by atoms with Crippen LogP contribution in [0.1, 0.15) is 0 Å². The number of benzene rings is 7. The van der Waals surface area contributed by atoms with Crippen LogP contribution in [-0.2, 0) is 0 Å². The zero-order valence-electron chi connectivity index (χ0n) is 25.3. The van der Waals surface area contributed by atoms with Crippen LogP contribution >= 0.6 is 0 Å². The van der Waals surface area contributed by atoms with Gasteiger partial charge in [0.05, 0.1) is 0 Å². The maximum atomic E-state index is 6.51. The molecule has 0 unspecified atom stereocenters. The summed E-state index contributed by atoms with van der Waals surface area (Å²) in [6.45, 7) is 0. The van der Waals surface area contributed by atoms with Crippen molar-refractivity contribution in [3.63, 3.8) is 0 Å². The molecule has 1 aromatic heterocycles. The van der Waals surface area contributed by atoms with E-state index in [0.717, 1.165) is 61.6 Å². The summed E-state index contributed by atoms with van der Waals surface area (Å²) >= 11 is 0. The summed E-state index contributed by atoms with van der Waals surface area (Å²) in [5.74, 6) is 3.63. The topological polar surface area (TPSA) is 47.9 Å². The van der Waals surface area contributed by atoms with E-state index in [1.54, 1.807) is 0 Å². The third-order valence-electron chi connectivity index (χ3n) is 8.75. The number of fused-ring (bicyclic) bond motifs is 4. The molecule has 0 N–H and O–H groups in total. The van der Waals surface area contributed by atoms with Crippen molar-refractivity contribution in [1.29, 1.82) is 0 Å². The minimum Gasteiger partial charge on any atom is -0.456 e. The van der Waals surface area contributed by atoms with Crippen LogP contribution < -0.4 is 4.74 Å². The monoisotopic (exact) mass is 601 g/mol. The Balaban J connectivity index is 1.25. The van der Waals surface area contributed by atoms with E-state index in [4.69, 9.17) is 19.7 Å².